The summed E-state index contributed by atoms with van der Waals surface area (Å²) in [7, 11) is 0. The van der Waals surface area contributed by atoms with Crippen molar-refractivity contribution in [1.82, 2.24) is 0 Å². The Labute approximate surface area is 50.7 Å². The van der Waals surface area contributed by atoms with Crippen LogP contribution in [0, 0.1) is 6.04 Å². The topological polar surface area (TPSA) is 46.2 Å². The van der Waals surface area contributed by atoms with Crippen molar-refractivity contribution < 1.29 is 5.11 Å². The first kappa shape index (κ1) is 7.92. The molecule has 0 rings (SSSR count). The molecular formula is C6H14NO. The predicted molar refractivity (Wildman–Crippen MR) is 34.0 cm³/mol. The molecule has 1 radical (unpaired) electrons. The van der Waals surface area contributed by atoms with E-state index in [1.54, 1.807) is 6.92 Å². The van der Waals surface area contributed by atoms with Crippen LogP contribution in [-0.4, -0.2) is 11.2 Å². The molecule has 0 aromatic rings. The summed E-state index contributed by atoms with van der Waals surface area (Å²) >= 11 is 0. The summed E-state index contributed by atoms with van der Waals surface area (Å²) < 4.78 is 0. The predicted octanol–water partition coefficient (Wildman–Crippen LogP) is 0.658. The fraction of sp³-hybridized carbons (Fsp3) is 0.833. The Balaban J connectivity index is 3.17. The molecule has 0 bridgehead atoms. The lowest BCUT2D eigenvalue weighted by atomic mass is 10.1. The van der Waals surface area contributed by atoms with Crippen molar-refractivity contribution in [3.63, 3.8) is 0 Å². The second kappa shape index (κ2) is 3.87. The van der Waals surface area contributed by atoms with Gasteiger partial charge >= 0.3 is 0 Å². The normalized spacial score (nSPS) is 14.6. The van der Waals surface area contributed by atoms with Crippen molar-refractivity contribution in [2.75, 3.05) is 0 Å². The van der Waals surface area contributed by atoms with Crippen LogP contribution in [0.15, 0.2) is 0 Å². The number of hydrogen-bond acceptors (Lipinski definition) is 2. The first-order valence-corrected chi connectivity index (χ1v) is 2.97. The van der Waals surface area contributed by atoms with Gasteiger partial charge in [0.25, 0.3) is 0 Å². The van der Waals surface area contributed by atoms with Gasteiger partial charge in [-0.25, -0.2) is 0 Å². The van der Waals surface area contributed by atoms with Crippen LogP contribution in [0.1, 0.15) is 26.7 Å². The van der Waals surface area contributed by atoms with Crippen molar-refractivity contribution in [1.29, 1.82) is 0 Å². The molecule has 0 spiro atoms. The summed E-state index contributed by atoms with van der Waals surface area (Å²) in [5.41, 5.74) is 5.39. The third-order valence-corrected chi connectivity index (χ3v) is 1.08. The highest BCUT2D eigenvalue weighted by atomic mass is 16.3. The van der Waals surface area contributed by atoms with E-state index in [0.29, 0.717) is 6.04 Å². The second-order valence-corrected chi connectivity index (χ2v) is 2.00. The quantitative estimate of drug-likeness (QED) is 0.569. The van der Waals surface area contributed by atoms with Gasteiger partial charge in [0.2, 0.25) is 0 Å². The molecule has 1 atom stereocenters. The lowest BCUT2D eigenvalue weighted by Gasteiger charge is -2.10. The second-order valence-electron chi connectivity index (χ2n) is 2.00. The molecular weight excluding hydrogens is 102 g/mol. The van der Waals surface area contributed by atoms with Crippen LogP contribution in [0.4, 0.5) is 0 Å². The molecule has 0 aromatic carbocycles. The van der Waals surface area contributed by atoms with Gasteiger partial charge < -0.3 is 10.8 Å². The van der Waals surface area contributed by atoms with E-state index in [4.69, 9.17) is 10.8 Å². The number of aliphatic hydroxyl groups is 1. The van der Waals surface area contributed by atoms with Crippen LogP contribution in [0.25, 0.3) is 0 Å². The molecule has 3 N–H and O–H groups in total. The maximum atomic E-state index is 8.79. The molecule has 0 aliphatic carbocycles. The molecule has 0 aliphatic rings. The highest BCUT2D eigenvalue weighted by molar-refractivity contribution is 4.86. The van der Waals surface area contributed by atoms with E-state index in [-0.39, 0.29) is 0 Å². The summed E-state index contributed by atoms with van der Waals surface area (Å²) in [6, 6.07) is 0.688. The van der Waals surface area contributed by atoms with Gasteiger partial charge in [-0.3, -0.25) is 0 Å². The van der Waals surface area contributed by atoms with E-state index >= 15 is 0 Å². The smallest absolute Gasteiger partial charge is 0.0710 e. The van der Waals surface area contributed by atoms with Crippen LogP contribution < -0.4 is 5.73 Å². The summed E-state index contributed by atoms with van der Waals surface area (Å²) in [6.07, 6.45) is 1.41. The summed E-state index contributed by atoms with van der Waals surface area (Å²) in [5.74, 6) is 0. The van der Waals surface area contributed by atoms with Gasteiger partial charge in [-0.2, -0.15) is 0 Å². The zero-order valence-electron chi connectivity index (χ0n) is 5.52. The Kier molecular flexibility index (Phi) is 3.83. The molecule has 8 heavy (non-hydrogen) atoms. The fourth-order valence-electron chi connectivity index (χ4n) is 0.498. The Morgan fingerprint density at radius 2 is 2.25 bits per heavy atom. The van der Waals surface area contributed by atoms with Gasteiger partial charge in [0.05, 0.1) is 12.1 Å². The number of nitrogens with two attached hydrogens (primary N) is 1. The highest BCUT2D eigenvalue weighted by Gasteiger charge is 2.06. The van der Waals surface area contributed by atoms with Gasteiger partial charge in [0.15, 0.2) is 0 Å². The minimum atomic E-state index is -0.435. The summed E-state index contributed by atoms with van der Waals surface area (Å²) in [6.45, 7) is 3.72. The maximum Gasteiger partial charge on any atom is 0.0710 e. The van der Waals surface area contributed by atoms with E-state index in [1.807, 2.05) is 6.92 Å². The number of aliphatic hydroxyl groups excluding tert-OH is 1. The van der Waals surface area contributed by atoms with E-state index in [1.165, 1.54) is 0 Å². The monoisotopic (exact) mass is 116 g/mol. The molecule has 0 aliphatic heterocycles. The Morgan fingerprint density at radius 3 is 2.38 bits per heavy atom. The van der Waals surface area contributed by atoms with Crippen molar-refractivity contribution in [3.8, 4) is 0 Å². The van der Waals surface area contributed by atoms with Crippen molar-refractivity contribution >= 4 is 0 Å². The number of hydrogen-bond donors (Lipinski definition) is 2. The fourth-order valence-corrected chi connectivity index (χ4v) is 0.498. The highest BCUT2D eigenvalue weighted by Crippen LogP contribution is 2.04. The average Bonchev–Trinajstić information content (AvgIpc) is 1.67. The van der Waals surface area contributed by atoms with Gasteiger partial charge in [0.1, 0.15) is 0 Å². The van der Waals surface area contributed by atoms with E-state index in [9.17, 15) is 0 Å². The summed E-state index contributed by atoms with van der Waals surface area (Å²) in [4.78, 5) is 0. The van der Waals surface area contributed by atoms with Crippen LogP contribution >= 0.6 is 0 Å². The molecule has 0 heterocycles. The minimum Gasteiger partial charge on any atom is -0.391 e. The zero-order chi connectivity index (χ0) is 6.57. The average molecular weight is 116 g/mol. The van der Waals surface area contributed by atoms with Crippen LogP contribution in [0.5, 0.6) is 0 Å². The number of rotatable bonds is 3. The third-order valence-electron chi connectivity index (χ3n) is 1.08. The zero-order valence-corrected chi connectivity index (χ0v) is 5.52. The van der Waals surface area contributed by atoms with Gasteiger partial charge in [-0.05, 0) is 13.3 Å². The van der Waals surface area contributed by atoms with E-state index in [0.717, 1.165) is 12.8 Å². The molecule has 2 nitrogen and oxygen atoms in total. The van der Waals surface area contributed by atoms with Crippen LogP contribution in [0.3, 0.4) is 0 Å². The molecule has 2 heteroatoms. The Bertz CT molecular complexity index is 54.5. The molecule has 0 saturated carbocycles. The van der Waals surface area contributed by atoms with E-state index < -0.39 is 6.10 Å². The third kappa shape index (κ3) is 2.99. The Hall–Kier alpha value is -0.0800. The summed E-state index contributed by atoms with van der Waals surface area (Å²) in [5, 5.41) is 8.79. The minimum absolute atomic E-state index is 0.435. The molecule has 49 valence electrons. The lowest BCUT2D eigenvalue weighted by molar-refractivity contribution is 0.199. The molecule has 0 amide bonds. The molecule has 0 fully saturated rings. The van der Waals surface area contributed by atoms with Crippen molar-refractivity contribution in [2.45, 2.75) is 32.8 Å². The van der Waals surface area contributed by atoms with E-state index in [2.05, 4.69) is 0 Å². The van der Waals surface area contributed by atoms with Crippen molar-refractivity contribution in [3.05, 3.63) is 6.04 Å². The van der Waals surface area contributed by atoms with Crippen LogP contribution in [-0.2, 0) is 0 Å². The van der Waals surface area contributed by atoms with Gasteiger partial charge in [-0.15, -0.1) is 0 Å². The van der Waals surface area contributed by atoms with Crippen molar-refractivity contribution in [2.24, 2.45) is 5.73 Å². The van der Waals surface area contributed by atoms with Gasteiger partial charge in [-0.1, -0.05) is 13.3 Å². The molecule has 1 unspecified atom stereocenters. The standard InChI is InChI=1S/C6H14NO/c1-3-4-6(7)5(2)8/h5,8H,3-4,7H2,1-2H3. The lowest BCUT2D eigenvalue weighted by Crippen LogP contribution is -2.22. The largest absolute Gasteiger partial charge is 0.391 e. The first-order chi connectivity index (χ1) is 3.68. The SMILES string of the molecule is CCC[C](N)C(C)O. The van der Waals surface area contributed by atoms with Gasteiger partial charge in [0, 0.05) is 0 Å². The van der Waals surface area contributed by atoms with Crippen LogP contribution in [0.2, 0.25) is 0 Å². The maximum absolute atomic E-state index is 8.79. The Morgan fingerprint density at radius 1 is 1.75 bits per heavy atom. The molecule has 0 aromatic heterocycles. The molecule has 0 saturated heterocycles. The first-order valence-electron chi connectivity index (χ1n) is 2.97.